The van der Waals surface area contributed by atoms with Gasteiger partial charge in [0, 0.05) is 18.6 Å². The highest BCUT2D eigenvalue weighted by atomic mass is 35.5. The second kappa shape index (κ2) is 12.4. The first-order chi connectivity index (χ1) is 17.6. The fourth-order valence-electron chi connectivity index (χ4n) is 3.76. The number of rotatable bonds is 10. The maximum atomic E-state index is 13.9. The predicted molar refractivity (Wildman–Crippen MR) is 143 cm³/mol. The van der Waals surface area contributed by atoms with Crippen molar-refractivity contribution in [2.24, 2.45) is 0 Å². The monoisotopic (exact) mass is 565 g/mol. The van der Waals surface area contributed by atoms with E-state index in [4.69, 9.17) is 23.2 Å². The van der Waals surface area contributed by atoms with Crippen molar-refractivity contribution >= 4 is 50.7 Å². The van der Waals surface area contributed by atoms with E-state index in [9.17, 15) is 22.4 Å². The maximum absolute atomic E-state index is 13.9. The molecule has 0 unspecified atom stereocenters. The highest BCUT2D eigenvalue weighted by molar-refractivity contribution is 7.92. The Balaban J connectivity index is 2.06. The largest absolute Gasteiger partial charge is 0.357 e. The molecule has 0 aliphatic heterocycles. The molecular weight excluding hydrogens is 540 g/mol. The number of carbonyl (C=O) groups is 2. The van der Waals surface area contributed by atoms with Crippen LogP contribution in [0.1, 0.15) is 18.9 Å². The van der Waals surface area contributed by atoms with E-state index in [1.807, 2.05) is 0 Å². The Hall–Kier alpha value is -3.14. The van der Waals surface area contributed by atoms with Gasteiger partial charge in [0.05, 0.1) is 15.6 Å². The van der Waals surface area contributed by atoms with E-state index in [0.29, 0.717) is 10.6 Å². The first kappa shape index (κ1) is 28.4. The van der Waals surface area contributed by atoms with E-state index in [0.717, 1.165) is 16.4 Å². The quantitative estimate of drug-likeness (QED) is 0.379. The van der Waals surface area contributed by atoms with Gasteiger partial charge >= 0.3 is 0 Å². The van der Waals surface area contributed by atoms with Crippen LogP contribution in [0.25, 0.3) is 0 Å². The highest BCUT2D eigenvalue weighted by Gasteiger charge is 2.33. The van der Waals surface area contributed by atoms with Crippen LogP contribution in [-0.2, 0) is 26.2 Å². The Bertz CT molecular complexity index is 1360. The lowest BCUT2D eigenvalue weighted by Gasteiger charge is -2.33. The minimum Gasteiger partial charge on any atom is -0.357 e. The summed E-state index contributed by atoms with van der Waals surface area (Å²) in [5, 5.41) is 2.77. The summed E-state index contributed by atoms with van der Waals surface area (Å²) in [4.78, 5) is 27.7. The molecule has 3 rings (SSSR count). The van der Waals surface area contributed by atoms with Crippen molar-refractivity contribution in [2.75, 3.05) is 17.9 Å². The van der Waals surface area contributed by atoms with E-state index in [2.05, 4.69) is 5.32 Å². The van der Waals surface area contributed by atoms with Crippen molar-refractivity contribution in [3.8, 4) is 0 Å². The molecule has 2 amide bonds. The van der Waals surface area contributed by atoms with Crippen LogP contribution >= 0.6 is 23.2 Å². The van der Waals surface area contributed by atoms with Crippen LogP contribution in [0, 0.1) is 5.82 Å². The number of hydrogen-bond acceptors (Lipinski definition) is 4. The molecule has 0 aromatic heterocycles. The molecule has 0 heterocycles. The molecule has 0 radical (unpaired) electrons. The number of amides is 2. The summed E-state index contributed by atoms with van der Waals surface area (Å²) >= 11 is 11.9. The van der Waals surface area contributed by atoms with Crippen LogP contribution in [0.2, 0.25) is 10.0 Å². The molecule has 0 saturated heterocycles. The zero-order valence-corrected chi connectivity index (χ0v) is 22.5. The molecule has 3 aromatic rings. The molecule has 11 heteroatoms. The molecule has 0 aliphatic carbocycles. The number of nitrogens with one attached hydrogen (secondary N) is 1. The molecule has 0 spiro atoms. The minimum absolute atomic E-state index is 0.00281. The van der Waals surface area contributed by atoms with Gasteiger partial charge in [-0.1, -0.05) is 60.5 Å². The highest BCUT2D eigenvalue weighted by Crippen LogP contribution is 2.28. The van der Waals surface area contributed by atoms with Crippen molar-refractivity contribution < 1.29 is 22.4 Å². The molecule has 1 N–H and O–H groups in total. The topological polar surface area (TPSA) is 86.8 Å². The molecular formula is C26H26Cl2FN3O4S. The van der Waals surface area contributed by atoms with Crippen LogP contribution in [0.3, 0.4) is 0 Å². The molecule has 0 fully saturated rings. The summed E-state index contributed by atoms with van der Waals surface area (Å²) in [5.74, 6) is -1.76. The number of sulfonamides is 1. The second-order valence-corrected chi connectivity index (χ2v) is 10.8. The molecule has 0 aliphatic rings. The SMILES string of the molecule is CC[C@@H](C(=O)NC)N(Cc1ccc(Cl)cc1)C(=O)CN(c1ccc(F)c(Cl)c1)S(=O)(=O)c1ccccc1. The van der Waals surface area contributed by atoms with Crippen LogP contribution in [0.15, 0.2) is 77.7 Å². The number of halogens is 3. The Morgan fingerprint density at radius 3 is 2.22 bits per heavy atom. The molecule has 37 heavy (non-hydrogen) atoms. The van der Waals surface area contributed by atoms with Crippen LogP contribution in [0.5, 0.6) is 0 Å². The summed E-state index contributed by atoms with van der Waals surface area (Å²) in [6.45, 7) is 1.13. The molecule has 0 bridgehead atoms. The van der Waals surface area contributed by atoms with E-state index in [1.165, 1.54) is 30.1 Å². The van der Waals surface area contributed by atoms with Crippen molar-refractivity contribution in [1.82, 2.24) is 10.2 Å². The smallest absolute Gasteiger partial charge is 0.264 e. The Morgan fingerprint density at radius 2 is 1.65 bits per heavy atom. The summed E-state index contributed by atoms with van der Waals surface area (Å²) in [6.07, 6.45) is 0.285. The first-order valence-electron chi connectivity index (χ1n) is 11.4. The molecule has 0 saturated carbocycles. The molecule has 1 atom stereocenters. The van der Waals surface area contributed by atoms with Gasteiger partial charge in [-0.3, -0.25) is 13.9 Å². The average Bonchev–Trinajstić information content (AvgIpc) is 2.90. The lowest BCUT2D eigenvalue weighted by atomic mass is 10.1. The number of carbonyl (C=O) groups excluding carboxylic acids is 2. The van der Waals surface area contributed by atoms with Crippen molar-refractivity contribution in [2.45, 2.75) is 30.8 Å². The summed E-state index contributed by atoms with van der Waals surface area (Å²) < 4.78 is 42.0. The van der Waals surface area contributed by atoms with Crippen LogP contribution in [0.4, 0.5) is 10.1 Å². The number of hydrogen-bond donors (Lipinski definition) is 1. The Kier molecular flexibility index (Phi) is 9.53. The summed E-state index contributed by atoms with van der Waals surface area (Å²) in [6, 6.07) is 16.8. The number of benzene rings is 3. The normalized spacial score (nSPS) is 12.0. The van der Waals surface area contributed by atoms with Gasteiger partial charge in [0.25, 0.3) is 10.0 Å². The van der Waals surface area contributed by atoms with Gasteiger partial charge in [0.2, 0.25) is 11.8 Å². The van der Waals surface area contributed by atoms with Gasteiger partial charge < -0.3 is 10.2 Å². The number of anilines is 1. The third-order valence-electron chi connectivity index (χ3n) is 5.70. The Labute approximate surface area is 225 Å². The van der Waals surface area contributed by atoms with Crippen molar-refractivity contribution in [3.05, 3.63) is 94.2 Å². The molecule has 196 valence electrons. The predicted octanol–water partition coefficient (Wildman–Crippen LogP) is 4.88. The van der Waals surface area contributed by atoms with Crippen molar-refractivity contribution in [3.63, 3.8) is 0 Å². The van der Waals surface area contributed by atoms with Gasteiger partial charge in [-0.25, -0.2) is 12.8 Å². The lowest BCUT2D eigenvalue weighted by molar-refractivity contribution is -0.140. The summed E-state index contributed by atoms with van der Waals surface area (Å²) in [5.41, 5.74) is 0.699. The number of likely N-dealkylation sites (N-methyl/N-ethyl adjacent to an activating group) is 1. The van der Waals surface area contributed by atoms with Gasteiger partial charge in [-0.15, -0.1) is 0 Å². The lowest BCUT2D eigenvalue weighted by Crippen LogP contribution is -2.51. The van der Waals surface area contributed by atoms with Gasteiger partial charge in [-0.05, 0) is 54.4 Å². The van der Waals surface area contributed by atoms with E-state index < -0.39 is 40.2 Å². The molecule has 3 aromatic carbocycles. The fraction of sp³-hybridized carbons (Fsp3) is 0.231. The van der Waals surface area contributed by atoms with E-state index in [1.54, 1.807) is 49.4 Å². The Morgan fingerprint density at radius 1 is 1.00 bits per heavy atom. The number of nitrogens with zero attached hydrogens (tertiary/aromatic N) is 2. The van der Waals surface area contributed by atoms with Gasteiger partial charge in [-0.2, -0.15) is 0 Å². The zero-order valence-electron chi connectivity index (χ0n) is 20.2. The van der Waals surface area contributed by atoms with Gasteiger partial charge in [0.15, 0.2) is 0 Å². The maximum Gasteiger partial charge on any atom is 0.264 e. The second-order valence-electron chi connectivity index (χ2n) is 8.11. The minimum atomic E-state index is -4.26. The standard InChI is InChI=1S/C26H26Cl2FN3O4S/c1-3-24(26(34)30-2)31(16-18-9-11-19(27)12-10-18)25(33)17-32(20-13-14-23(29)22(28)15-20)37(35,36)21-7-5-4-6-8-21/h4-15,24H,3,16-17H2,1-2H3,(H,30,34)/t24-/m0/s1. The third-order valence-corrected chi connectivity index (χ3v) is 8.03. The third kappa shape index (κ3) is 6.80. The van der Waals surface area contributed by atoms with E-state index in [-0.39, 0.29) is 28.6 Å². The first-order valence-corrected chi connectivity index (χ1v) is 13.6. The van der Waals surface area contributed by atoms with Crippen LogP contribution in [-0.4, -0.2) is 44.8 Å². The van der Waals surface area contributed by atoms with E-state index >= 15 is 0 Å². The average molecular weight is 566 g/mol. The molecule has 7 nitrogen and oxygen atoms in total. The summed E-state index contributed by atoms with van der Waals surface area (Å²) in [7, 11) is -2.80. The van der Waals surface area contributed by atoms with Crippen molar-refractivity contribution in [1.29, 1.82) is 0 Å². The zero-order chi connectivity index (χ0) is 27.2. The van der Waals surface area contributed by atoms with Crippen LogP contribution < -0.4 is 9.62 Å². The fourth-order valence-corrected chi connectivity index (χ4v) is 5.49. The van der Waals surface area contributed by atoms with Gasteiger partial charge in [0.1, 0.15) is 18.4 Å².